The third-order valence-electron chi connectivity index (χ3n) is 4.31. The lowest BCUT2D eigenvalue weighted by Gasteiger charge is -2.30. The third kappa shape index (κ3) is 5.82. The molecule has 1 aliphatic rings. The van der Waals surface area contributed by atoms with Crippen LogP contribution in [0.15, 0.2) is 18.5 Å². The summed E-state index contributed by atoms with van der Waals surface area (Å²) < 4.78 is 5.78. The summed E-state index contributed by atoms with van der Waals surface area (Å²) in [7, 11) is 2.05. The number of nitriles is 1. The first kappa shape index (κ1) is 21.4. The number of nitrogens with one attached hydrogen (secondary N) is 3. The van der Waals surface area contributed by atoms with E-state index in [1.165, 1.54) is 12.4 Å². The standard InChI is InChI=1S/C19H25N9O2/c1-12(2)24-19(29)18-15(22-9-14-11-28(3)4-5-30-14)6-16(26-27-18)25-17-10-21-13(7-20)8-23-17/h6,8,10,12,14H,4-5,9,11H2,1-3H3,(H,24,29)(H2,22,23,25,26). The molecule has 11 heteroatoms. The van der Waals surface area contributed by atoms with Crippen LogP contribution in [0.5, 0.6) is 0 Å². The van der Waals surface area contributed by atoms with Gasteiger partial charge in [-0.05, 0) is 20.9 Å². The van der Waals surface area contributed by atoms with Crippen molar-refractivity contribution < 1.29 is 9.53 Å². The molecule has 0 aromatic carbocycles. The maximum atomic E-state index is 12.6. The fourth-order valence-corrected chi connectivity index (χ4v) is 2.88. The molecule has 1 unspecified atom stereocenters. The number of hydrogen-bond donors (Lipinski definition) is 3. The number of morpholine rings is 1. The number of rotatable bonds is 7. The second-order valence-corrected chi connectivity index (χ2v) is 7.28. The molecule has 3 heterocycles. The first-order valence-electron chi connectivity index (χ1n) is 9.66. The number of aromatic nitrogens is 4. The van der Waals surface area contributed by atoms with Crippen LogP contribution in [0.4, 0.5) is 17.3 Å². The Labute approximate surface area is 174 Å². The summed E-state index contributed by atoms with van der Waals surface area (Å²) in [6, 6.07) is 3.57. The van der Waals surface area contributed by atoms with E-state index in [1.807, 2.05) is 27.0 Å². The van der Waals surface area contributed by atoms with Crippen LogP contribution in [-0.2, 0) is 4.74 Å². The molecule has 158 valence electrons. The number of amides is 1. The molecule has 1 aliphatic heterocycles. The van der Waals surface area contributed by atoms with Crippen molar-refractivity contribution in [2.75, 3.05) is 43.9 Å². The van der Waals surface area contributed by atoms with Crippen LogP contribution < -0.4 is 16.0 Å². The number of hydrogen-bond acceptors (Lipinski definition) is 10. The highest BCUT2D eigenvalue weighted by Gasteiger charge is 2.20. The van der Waals surface area contributed by atoms with Crippen molar-refractivity contribution in [2.24, 2.45) is 0 Å². The zero-order valence-corrected chi connectivity index (χ0v) is 17.2. The Morgan fingerprint density at radius 3 is 2.83 bits per heavy atom. The SMILES string of the molecule is CC(C)NC(=O)c1nnc(Nc2cnc(C#N)cn2)cc1NCC1CN(C)CCO1. The molecule has 2 aromatic heterocycles. The minimum Gasteiger partial charge on any atom is -0.380 e. The van der Waals surface area contributed by atoms with E-state index in [2.05, 4.69) is 41.0 Å². The third-order valence-corrected chi connectivity index (χ3v) is 4.31. The molecule has 1 saturated heterocycles. The van der Waals surface area contributed by atoms with Crippen LogP contribution in [0.2, 0.25) is 0 Å². The molecule has 0 saturated carbocycles. The lowest BCUT2D eigenvalue weighted by atomic mass is 10.2. The molecule has 30 heavy (non-hydrogen) atoms. The van der Waals surface area contributed by atoms with E-state index in [0.29, 0.717) is 30.5 Å². The van der Waals surface area contributed by atoms with Gasteiger partial charge in [-0.1, -0.05) is 0 Å². The number of nitrogens with zero attached hydrogens (tertiary/aromatic N) is 6. The van der Waals surface area contributed by atoms with Crippen LogP contribution in [0.25, 0.3) is 0 Å². The zero-order chi connectivity index (χ0) is 21.5. The van der Waals surface area contributed by atoms with Crippen molar-refractivity contribution in [3.8, 4) is 6.07 Å². The van der Waals surface area contributed by atoms with Gasteiger partial charge in [0.15, 0.2) is 17.2 Å². The van der Waals surface area contributed by atoms with Crippen molar-refractivity contribution in [1.29, 1.82) is 5.26 Å². The molecule has 0 aliphatic carbocycles. The molecular formula is C19H25N9O2. The average Bonchev–Trinajstić information content (AvgIpc) is 2.72. The van der Waals surface area contributed by atoms with Gasteiger partial charge in [-0.3, -0.25) is 4.79 Å². The summed E-state index contributed by atoms with van der Waals surface area (Å²) >= 11 is 0. The highest BCUT2D eigenvalue weighted by Crippen LogP contribution is 2.19. The predicted molar refractivity (Wildman–Crippen MR) is 110 cm³/mol. The lowest BCUT2D eigenvalue weighted by molar-refractivity contribution is -0.0117. The van der Waals surface area contributed by atoms with Gasteiger partial charge >= 0.3 is 0 Å². The van der Waals surface area contributed by atoms with Crippen molar-refractivity contribution in [1.82, 2.24) is 30.4 Å². The van der Waals surface area contributed by atoms with Crippen LogP contribution in [0.1, 0.15) is 30.0 Å². The fraction of sp³-hybridized carbons (Fsp3) is 0.474. The second-order valence-electron chi connectivity index (χ2n) is 7.28. The average molecular weight is 411 g/mol. The smallest absolute Gasteiger partial charge is 0.274 e. The van der Waals surface area contributed by atoms with Crippen molar-refractivity contribution in [3.63, 3.8) is 0 Å². The molecule has 0 spiro atoms. The fourth-order valence-electron chi connectivity index (χ4n) is 2.88. The van der Waals surface area contributed by atoms with E-state index < -0.39 is 0 Å². The predicted octanol–water partition coefficient (Wildman–Crippen LogP) is 0.763. The van der Waals surface area contributed by atoms with Gasteiger partial charge < -0.3 is 25.6 Å². The topological polar surface area (TPSA) is 141 Å². The van der Waals surface area contributed by atoms with Crippen molar-refractivity contribution >= 4 is 23.2 Å². The molecular weight excluding hydrogens is 386 g/mol. The van der Waals surface area contributed by atoms with Gasteiger partial charge in [-0.2, -0.15) is 5.26 Å². The van der Waals surface area contributed by atoms with Gasteiger partial charge in [0.05, 0.1) is 30.8 Å². The monoisotopic (exact) mass is 411 g/mol. The van der Waals surface area contributed by atoms with Crippen molar-refractivity contribution in [2.45, 2.75) is 26.0 Å². The van der Waals surface area contributed by atoms with Gasteiger partial charge in [0, 0.05) is 31.7 Å². The number of anilines is 3. The number of ether oxygens (including phenoxy) is 1. The molecule has 1 amide bonds. The Kier molecular flexibility index (Phi) is 7.05. The minimum absolute atomic E-state index is 0.00118. The molecule has 3 N–H and O–H groups in total. The summed E-state index contributed by atoms with van der Waals surface area (Å²) in [6.45, 7) is 6.64. The number of likely N-dealkylation sites (N-methyl/N-ethyl adjacent to an activating group) is 1. The highest BCUT2D eigenvalue weighted by atomic mass is 16.5. The van der Waals surface area contributed by atoms with E-state index in [1.54, 1.807) is 6.07 Å². The number of carbonyl (C=O) groups excluding carboxylic acids is 1. The van der Waals surface area contributed by atoms with E-state index in [0.717, 1.165) is 13.1 Å². The van der Waals surface area contributed by atoms with Gasteiger partial charge in [-0.15, -0.1) is 10.2 Å². The lowest BCUT2D eigenvalue weighted by Crippen LogP contribution is -2.43. The summed E-state index contributed by atoms with van der Waals surface area (Å²) in [6.07, 6.45) is 2.79. The molecule has 2 aromatic rings. The van der Waals surface area contributed by atoms with E-state index in [4.69, 9.17) is 10.00 Å². The quantitative estimate of drug-likeness (QED) is 0.598. The van der Waals surface area contributed by atoms with Gasteiger partial charge in [0.1, 0.15) is 11.9 Å². The Balaban J connectivity index is 1.78. The summed E-state index contributed by atoms with van der Waals surface area (Å²) in [4.78, 5) is 22.8. The summed E-state index contributed by atoms with van der Waals surface area (Å²) in [5.74, 6) is 0.483. The Morgan fingerprint density at radius 2 is 2.17 bits per heavy atom. The molecule has 1 atom stereocenters. The summed E-state index contributed by atoms with van der Waals surface area (Å²) in [5, 5.41) is 26.1. The van der Waals surface area contributed by atoms with Crippen LogP contribution >= 0.6 is 0 Å². The van der Waals surface area contributed by atoms with Crippen LogP contribution in [0, 0.1) is 11.3 Å². The molecule has 11 nitrogen and oxygen atoms in total. The maximum absolute atomic E-state index is 12.6. The second kappa shape index (κ2) is 9.91. The maximum Gasteiger partial charge on any atom is 0.274 e. The summed E-state index contributed by atoms with van der Waals surface area (Å²) in [5.41, 5.74) is 0.945. The Bertz CT molecular complexity index is 911. The largest absolute Gasteiger partial charge is 0.380 e. The first-order chi connectivity index (χ1) is 14.4. The minimum atomic E-state index is -0.314. The van der Waals surface area contributed by atoms with Crippen molar-refractivity contribution in [3.05, 3.63) is 29.8 Å². The van der Waals surface area contributed by atoms with E-state index in [-0.39, 0.29) is 29.4 Å². The zero-order valence-electron chi connectivity index (χ0n) is 17.2. The van der Waals surface area contributed by atoms with Crippen LogP contribution in [-0.4, -0.2) is 76.4 Å². The Hall–Kier alpha value is -3.36. The number of carbonyl (C=O) groups is 1. The van der Waals surface area contributed by atoms with E-state index in [9.17, 15) is 4.79 Å². The van der Waals surface area contributed by atoms with E-state index >= 15 is 0 Å². The normalized spacial score (nSPS) is 16.7. The first-order valence-corrected chi connectivity index (χ1v) is 9.66. The molecule has 1 fully saturated rings. The highest BCUT2D eigenvalue weighted by molar-refractivity contribution is 5.98. The Morgan fingerprint density at radius 1 is 1.33 bits per heavy atom. The van der Waals surface area contributed by atoms with Gasteiger partial charge in [0.25, 0.3) is 5.91 Å². The van der Waals surface area contributed by atoms with Gasteiger partial charge in [-0.25, -0.2) is 9.97 Å². The molecule has 3 rings (SSSR count). The van der Waals surface area contributed by atoms with Crippen LogP contribution in [0.3, 0.4) is 0 Å². The van der Waals surface area contributed by atoms with Gasteiger partial charge in [0.2, 0.25) is 0 Å². The molecule has 0 bridgehead atoms. The molecule has 0 radical (unpaired) electrons.